The van der Waals surface area contributed by atoms with Crippen molar-refractivity contribution in [1.29, 1.82) is 0 Å². The van der Waals surface area contributed by atoms with Crippen molar-refractivity contribution in [2.75, 3.05) is 18.1 Å². The molecule has 0 saturated carbocycles. The van der Waals surface area contributed by atoms with Crippen LogP contribution in [0.2, 0.25) is 0 Å². The molecule has 5 nitrogen and oxygen atoms in total. The van der Waals surface area contributed by atoms with Crippen LogP contribution in [0.3, 0.4) is 0 Å². The van der Waals surface area contributed by atoms with Crippen LogP contribution >= 0.6 is 11.8 Å². The zero-order chi connectivity index (χ0) is 13.2. The summed E-state index contributed by atoms with van der Waals surface area (Å²) in [6.45, 7) is -1.76. The van der Waals surface area contributed by atoms with Crippen LogP contribution in [0.25, 0.3) is 0 Å². The molecule has 0 radical (unpaired) electrons. The van der Waals surface area contributed by atoms with E-state index >= 15 is 0 Å². The van der Waals surface area contributed by atoms with Gasteiger partial charge >= 0.3 is 6.18 Å². The Morgan fingerprint density at radius 2 is 2.28 bits per heavy atom. The fourth-order valence-corrected chi connectivity index (χ4v) is 2.49. The molecule has 1 unspecified atom stereocenters. The lowest BCUT2D eigenvalue weighted by molar-refractivity contribution is -0.177. The Kier molecular flexibility index (Phi) is 3.91. The Balaban J connectivity index is 1.88. The molecule has 0 amide bonds. The van der Waals surface area contributed by atoms with Crippen molar-refractivity contribution in [3.05, 3.63) is 11.7 Å². The van der Waals surface area contributed by atoms with E-state index in [9.17, 15) is 18.0 Å². The predicted octanol–water partition coefficient (Wildman–Crippen LogP) is 1.55. The largest absolute Gasteiger partial charge is 0.411 e. The van der Waals surface area contributed by atoms with E-state index in [4.69, 9.17) is 4.52 Å². The average molecular weight is 282 g/mol. The molecular weight excluding hydrogens is 273 g/mol. The second kappa shape index (κ2) is 5.27. The Labute approximate surface area is 104 Å². The molecule has 1 fully saturated rings. The maximum Gasteiger partial charge on any atom is 0.411 e. The Morgan fingerprint density at radius 3 is 2.89 bits per heavy atom. The Bertz CT molecular complexity index is 435. The fraction of sp³-hybridized carbons (Fsp3) is 0.667. The molecule has 1 aromatic rings. The third-order valence-corrected chi connectivity index (χ3v) is 3.25. The van der Waals surface area contributed by atoms with Crippen LogP contribution in [-0.2, 0) is 16.1 Å². The van der Waals surface area contributed by atoms with Gasteiger partial charge in [-0.3, -0.25) is 4.79 Å². The summed E-state index contributed by atoms with van der Waals surface area (Å²) in [5, 5.41) is 3.47. The molecule has 18 heavy (non-hydrogen) atoms. The third kappa shape index (κ3) is 3.45. The van der Waals surface area contributed by atoms with E-state index in [0.29, 0.717) is 11.5 Å². The smallest absolute Gasteiger partial charge is 0.364 e. The minimum atomic E-state index is -4.38. The summed E-state index contributed by atoms with van der Waals surface area (Å²) >= 11 is 1.46. The number of thioether (sulfide) groups is 1. The van der Waals surface area contributed by atoms with Crippen LogP contribution in [0.1, 0.15) is 17.6 Å². The number of ether oxygens (including phenoxy) is 1. The number of alkyl halides is 3. The standard InChI is InChI=1S/C9H9F3N2O3S/c10-9(11,12)4-16-1-7-13-8(17-14-7)5-2-18-3-6(5)15/h5H,1-4H2. The van der Waals surface area contributed by atoms with E-state index in [2.05, 4.69) is 14.9 Å². The fourth-order valence-electron chi connectivity index (χ4n) is 1.41. The van der Waals surface area contributed by atoms with Gasteiger partial charge in [0.1, 0.15) is 19.1 Å². The van der Waals surface area contributed by atoms with Gasteiger partial charge in [0, 0.05) is 5.75 Å². The van der Waals surface area contributed by atoms with E-state index in [0.717, 1.165) is 0 Å². The molecule has 2 heterocycles. The van der Waals surface area contributed by atoms with Crippen LogP contribution < -0.4 is 0 Å². The predicted molar refractivity (Wildman–Crippen MR) is 55.1 cm³/mol. The maximum absolute atomic E-state index is 11.8. The minimum absolute atomic E-state index is 0.00795. The molecule has 0 spiro atoms. The number of rotatable bonds is 4. The molecule has 9 heteroatoms. The number of aromatic nitrogens is 2. The van der Waals surface area contributed by atoms with Gasteiger partial charge in [0.15, 0.2) is 11.6 Å². The number of carbonyl (C=O) groups excluding carboxylic acids is 1. The molecule has 1 atom stereocenters. The number of ketones is 1. The van der Waals surface area contributed by atoms with Crippen LogP contribution in [0.15, 0.2) is 4.52 Å². The average Bonchev–Trinajstić information content (AvgIpc) is 2.84. The second-order valence-electron chi connectivity index (χ2n) is 3.69. The molecule has 0 bridgehead atoms. The Hall–Kier alpha value is -1.09. The number of Topliss-reactive ketones (excluding diaryl/α,β-unsaturated/α-hetero) is 1. The highest BCUT2D eigenvalue weighted by molar-refractivity contribution is 8.00. The second-order valence-corrected chi connectivity index (χ2v) is 4.72. The first kappa shape index (κ1) is 13.3. The lowest BCUT2D eigenvalue weighted by Gasteiger charge is -2.04. The number of halogens is 3. The van der Waals surface area contributed by atoms with Crippen molar-refractivity contribution in [3.63, 3.8) is 0 Å². The summed E-state index contributed by atoms with van der Waals surface area (Å²) in [6.07, 6.45) is -4.38. The lowest BCUT2D eigenvalue weighted by Crippen LogP contribution is -2.17. The summed E-state index contributed by atoms with van der Waals surface area (Å²) in [7, 11) is 0. The van der Waals surface area contributed by atoms with Crippen LogP contribution in [-0.4, -0.2) is 40.2 Å². The van der Waals surface area contributed by atoms with E-state index in [1.807, 2.05) is 0 Å². The number of hydrogen-bond donors (Lipinski definition) is 0. The quantitative estimate of drug-likeness (QED) is 0.834. The van der Waals surface area contributed by atoms with Crippen molar-refractivity contribution < 1.29 is 27.2 Å². The summed E-state index contributed by atoms with van der Waals surface area (Å²) in [6, 6.07) is 0. The summed E-state index contributed by atoms with van der Waals surface area (Å²) in [5.74, 6) is 0.663. The molecule has 0 N–H and O–H groups in total. The van der Waals surface area contributed by atoms with Gasteiger partial charge in [-0.05, 0) is 0 Å². The maximum atomic E-state index is 11.8. The van der Waals surface area contributed by atoms with Gasteiger partial charge in [-0.1, -0.05) is 5.16 Å². The van der Waals surface area contributed by atoms with Gasteiger partial charge in [0.25, 0.3) is 0 Å². The van der Waals surface area contributed by atoms with Gasteiger partial charge in [0.05, 0.1) is 5.75 Å². The summed E-state index contributed by atoms with van der Waals surface area (Å²) < 4.78 is 44.7. The van der Waals surface area contributed by atoms with E-state index < -0.39 is 25.3 Å². The zero-order valence-corrected chi connectivity index (χ0v) is 9.88. The molecule has 1 aromatic heterocycles. The summed E-state index contributed by atoms with van der Waals surface area (Å²) in [5.41, 5.74) is 0. The first-order valence-corrected chi connectivity index (χ1v) is 6.18. The monoisotopic (exact) mass is 282 g/mol. The van der Waals surface area contributed by atoms with Gasteiger partial charge in [-0.25, -0.2) is 0 Å². The first-order chi connectivity index (χ1) is 8.46. The van der Waals surface area contributed by atoms with Gasteiger partial charge < -0.3 is 9.26 Å². The molecule has 2 rings (SSSR count). The molecule has 1 aliphatic heterocycles. The summed E-state index contributed by atoms with van der Waals surface area (Å²) in [4.78, 5) is 15.3. The van der Waals surface area contributed by atoms with Crippen molar-refractivity contribution >= 4 is 17.5 Å². The van der Waals surface area contributed by atoms with Crippen LogP contribution in [0, 0.1) is 0 Å². The van der Waals surface area contributed by atoms with Crippen molar-refractivity contribution in [3.8, 4) is 0 Å². The van der Waals surface area contributed by atoms with Gasteiger partial charge in [0.2, 0.25) is 5.89 Å². The molecule has 100 valence electrons. The van der Waals surface area contributed by atoms with Gasteiger partial charge in [-0.15, -0.1) is 0 Å². The van der Waals surface area contributed by atoms with Crippen molar-refractivity contribution in [2.45, 2.75) is 18.7 Å². The SMILES string of the molecule is O=C1CSCC1c1nc(COCC(F)(F)F)no1. The Morgan fingerprint density at radius 1 is 1.50 bits per heavy atom. The number of hydrogen-bond acceptors (Lipinski definition) is 6. The number of nitrogens with zero attached hydrogens (tertiary/aromatic N) is 2. The van der Waals surface area contributed by atoms with E-state index in [1.165, 1.54) is 11.8 Å². The van der Waals surface area contributed by atoms with E-state index in [1.54, 1.807) is 0 Å². The van der Waals surface area contributed by atoms with E-state index in [-0.39, 0.29) is 17.5 Å². The molecule has 1 saturated heterocycles. The molecule has 0 aliphatic carbocycles. The lowest BCUT2D eigenvalue weighted by atomic mass is 10.1. The van der Waals surface area contributed by atoms with Crippen LogP contribution in [0.5, 0.6) is 0 Å². The molecule has 1 aliphatic rings. The molecular formula is C9H9F3N2O3S. The molecule has 0 aromatic carbocycles. The highest BCUT2D eigenvalue weighted by Gasteiger charge is 2.32. The van der Waals surface area contributed by atoms with Crippen LogP contribution in [0.4, 0.5) is 13.2 Å². The highest BCUT2D eigenvalue weighted by atomic mass is 32.2. The third-order valence-electron chi connectivity index (χ3n) is 2.20. The highest BCUT2D eigenvalue weighted by Crippen LogP contribution is 2.28. The van der Waals surface area contributed by atoms with Crippen molar-refractivity contribution in [2.24, 2.45) is 0 Å². The first-order valence-electron chi connectivity index (χ1n) is 5.03. The minimum Gasteiger partial charge on any atom is -0.364 e. The van der Waals surface area contributed by atoms with Gasteiger partial charge in [-0.2, -0.15) is 29.9 Å². The van der Waals surface area contributed by atoms with Crippen molar-refractivity contribution in [1.82, 2.24) is 10.1 Å². The normalized spacial score (nSPS) is 20.6. The number of carbonyl (C=O) groups is 1. The zero-order valence-electron chi connectivity index (χ0n) is 9.07. The topological polar surface area (TPSA) is 65.2 Å².